The Kier molecular flexibility index (Phi) is 2.92. The molecule has 2 aromatic heterocycles. The highest BCUT2D eigenvalue weighted by atomic mass is 32.2. The highest BCUT2D eigenvalue weighted by molar-refractivity contribution is 7.89. The molecule has 0 atom stereocenters. The van der Waals surface area contributed by atoms with E-state index < -0.39 is 10.0 Å². The van der Waals surface area contributed by atoms with Crippen LogP contribution in [0.15, 0.2) is 34.0 Å². The van der Waals surface area contributed by atoms with Crippen molar-refractivity contribution < 1.29 is 17.9 Å². The van der Waals surface area contributed by atoms with Gasteiger partial charge in [0.25, 0.3) is 10.0 Å². The fraction of sp³-hybridized carbons (Fsp3) is 0.364. The zero-order valence-corrected chi connectivity index (χ0v) is 10.9. The van der Waals surface area contributed by atoms with Gasteiger partial charge in [0.2, 0.25) is 5.09 Å². The molecule has 1 N–H and O–H groups in total. The fourth-order valence-electron chi connectivity index (χ4n) is 2.07. The first-order valence-electron chi connectivity index (χ1n) is 5.81. The topological polar surface area (TPSA) is 88.6 Å². The van der Waals surface area contributed by atoms with E-state index in [-0.39, 0.29) is 24.0 Å². The molecule has 0 fully saturated rings. The van der Waals surface area contributed by atoms with Gasteiger partial charge in [0.15, 0.2) is 0 Å². The summed E-state index contributed by atoms with van der Waals surface area (Å²) in [5.74, 6) is 0.945. The smallest absolute Gasteiger partial charge is 0.276 e. The highest BCUT2D eigenvalue weighted by Gasteiger charge is 2.31. The van der Waals surface area contributed by atoms with Crippen LogP contribution in [0.5, 0.6) is 0 Å². The van der Waals surface area contributed by atoms with Gasteiger partial charge in [-0.05, 0) is 12.1 Å². The number of fused-ring (bicyclic) bond motifs is 1. The predicted octanol–water partition coefficient (Wildman–Crippen LogP) is 0.173. The quantitative estimate of drug-likeness (QED) is 0.867. The number of aromatic nitrogens is 2. The van der Waals surface area contributed by atoms with E-state index in [0.29, 0.717) is 18.9 Å². The van der Waals surface area contributed by atoms with Gasteiger partial charge in [-0.25, -0.2) is 13.4 Å². The average molecular weight is 283 g/mol. The lowest BCUT2D eigenvalue weighted by atomic mass is 10.4. The van der Waals surface area contributed by atoms with Crippen molar-refractivity contribution in [2.45, 2.75) is 24.8 Å². The summed E-state index contributed by atoms with van der Waals surface area (Å²) in [6.45, 7) is 0.855. The van der Waals surface area contributed by atoms with Gasteiger partial charge in [0, 0.05) is 25.5 Å². The molecule has 7 nitrogen and oxygen atoms in total. The number of sulfonamides is 1. The summed E-state index contributed by atoms with van der Waals surface area (Å²) < 4.78 is 33.1. The van der Waals surface area contributed by atoms with Crippen LogP contribution in [0.1, 0.15) is 11.6 Å². The Morgan fingerprint density at radius 3 is 2.95 bits per heavy atom. The molecule has 0 unspecified atom stereocenters. The molecule has 0 saturated carbocycles. The Morgan fingerprint density at radius 2 is 2.21 bits per heavy atom. The van der Waals surface area contributed by atoms with Crippen LogP contribution in [0.3, 0.4) is 0 Å². The van der Waals surface area contributed by atoms with Crippen LogP contribution in [-0.2, 0) is 29.7 Å². The van der Waals surface area contributed by atoms with Crippen LogP contribution < -0.4 is 0 Å². The minimum atomic E-state index is -3.67. The zero-order chi connectivity index (χ0) is 13.5. The van der Waals surface area contributed by atoms with Gasteiger partial charge < -0.3 is 14.1 Å². The van der Waals surface area contributed by atoms with Crippen molar-refractivity contribution in [3.63, 3.8) is 0 Å². The maximum atomic E-state index is 12.4. The number of furan rings is 1. The van der Waals surface area contributed by atoms with E-state index in [4.69, 9.17) is 9.52 Å². The Hall–Kier alpha value is -1.64. The number of imidazole rings is 1. The van der Waals surface area contributed by atoms with Crippen LogP contribution in [0.4, 0.5) is 0 Å². The third-order valence-electron chi connectivity index (χ3n) is 3.10. The summed E-state index contributed by atoms with van der Waals surface area (Å²) in [5.41, 5.74) is 0. The number of aliphatic hydroxyl groups is 1. The molecule has 0 aromatic carbocycles. The maximum Gasteiger partial charge on any atom is 0.276 e. The Bertz CT molecular complexity index is 688. The normalized spacial score (nSPS) is 16.5. The molecule has 0 saturated heterocycles. The number of hydrogen-bond donors (Lipinski definition) is 1. The number of hydrogen-bond acceptors (Lipinski definition) is 5. The zero-order valence-electron chi connectivity index (χ0n) is 10.1. The van der Waals surface area contributed by atoms with E-state index in [1.807, 2.05) is 10.8 Å². The van der Waals surface area contributed by atoms with Crippen molar-refractivity contribution in [2.24, 2.45) is 0 Å². The van der Waals surface area contributed by atoms with Gasteiger partial charge in [-0.1, -0.05) is 0 Å². The molecule has 2 aromatic rings. The molecule has 0 aliphatic carbocycles. The highest BCUT2D eigenvalue weighted by Crippen LogP contribution is 2.22. The molecular formula is C11H13N3O4S. The van der Waals surface area contributed by atoms with E-state index in [2.05, 4.69) is 4.98 Å². The molecule has 1 aliphatic heterocycles. The molecule has 19 heavy (non-hydrogen) atoms. The van der Waals surface area contributed by atoms with Gasteiger partial charge in [-0.2, -0.15) is 4.31 Å². The van der Waals surface area contributed by atoms with E-state index in [1.165, 1.54) is 16.4 Å². The van der Waals surface area contributed by atoms with Crippen molar-refractivity contribution in [3.8, 4) is 0 Å². The standard InChI is InChI=1S/C11H13N3O4S/c15-8-9-1-2-11(18-9)19(16,17)14-6-5-13-4-3-12-10(13)7-14/h1-4,15H,5-8H2. The van der Waals surface area contributed by atoms with Gasteiger partial charge in [-0.3, -0.25) is 0 Å². The minimum absolute atomic E-state index is 0.142. The van der Waals surface area contributed by atoms with Crippen LogP contribution in [0, 0.1) is 0 Å². The SMILES string of the molecule is O=S(=O)(c1ccc(CO)o1)N1CCn2ccnc2C1. The summed E-state index contributed by atoms with van der Waals surface area (Å²) >= 11 is 0. The van der Waals surface area contributed by atoms with Gasteiger partial charge in [-0.15, -0.1) is 0 Å². The van der Waals surface area contributed by atoms with Gasteiger partial charge >= 0.3 is 0 Å². The third-order valence-corrected chi connectivity index (χ3v) is 4.82. The fourth-order valence-corrected chi connectivity index (χ4v) is 3.38. The van der Waals surface area contributed by atoms with Crippen LogP contribution >= 0.6 is 0 Å². The molecule has 102 valence electrons. The molecule has 1 aliphatic rings. The first-order valence-corrected chi connectivity index (χ1v) is 7.25. The first-order chi connectivity index (χ1) is 9.11. The number of aliphatic hydroxyl groups excluding tert-OH is 1. The molecule has 0 amide bonds. The van der Waals surface area contributed by atoms with Crippen molar-refractivity contribution in [3.05, 3.63) is 36.1 Å². The van der Waals surface area contributed by atoms with E-state index in [1.54, 1.807) is 6.20 Å². The van der Waals surface area contributed by atoms with Crippen LogP contribution in [0.2, 0.25) is 0 Å². The van der Waals surface area contributed by atoms with E-state index >= 15 is 0 Å². The van der Waals surface area contributed by atoms with E-state index in [9.17, 15) is 8.42 Å². The summed E-state index contributed by atoms with van der Waals surface area (Å²) in [6, 6.07) is 2.82. The molecular weight excluding hydrogens is 270 g/mol. The Morgan fingerprint density at radius 1 is 1.37 bits per heavy atom. The third kappa shape index (κ3) is 2.07. The predicted molar refractivity (Wildman–Crippen MR) is 64.5 cm³/mol. The minimum Gasteiger partial charge on any atom is -0.446 e. The largest absolute Gasteiger partial charge is 0.446 e. The van der Waals surface area contributed by atoms with Crippen LogP contribution in [-0.4, -0.2) is 33.9 Å². The van der Waals surface area contributed by atoms with Gasteiger partial charge in [0.1, 0.15) is 18.2 Å². The van der Waals surface area contributed by atoms with E-state index in [0.717, 1.165) is 0 Å². The van der Waals surface area contributed by atoms with Gasteiger partial charge in [0.05, 0.1) is 6.54 Å². The van der Waals surface area contributed by atoms with Crippen molar-refractivity contribution >= 4 is 10.0 Å². The van der Waals surface area contributed by atoms with Crippen LogP contribution in [0.25, 0.3) is 0 Å². The lowest BCUT2D eigenvalue weighted by Gasteiger charge is -2.25. The number of rotatable bonds is 3. The van der Waals surface area contributed by atoms with Crippen molar-refractivity contribution in [1.29, 1.82) is 0 Å². The molecule has 0 bridgehead atoms. The second-order valence-electron chi connectivity index (χ2n) is 4.25. The molecule has 0 radical (unpaired) electrons. The molecule has 0 spiro atoms. The molecule has 8 heteroatoms. The lowest BCUT2D eigenvalue weighted by Crippen LogP contribution is -2.38. The lowest BCUT2D eigenvalue weighted by molar-refractivity contribution is 0.234. The second-order valence-corrected chi connectivity index (χ2v) is 6.12. The summed E-state index contributed by atoms with van der Waals surface area (Å²) in [6.07, 6.45) is 3.48. The molecule has 3 rings (SSSR count). The first kappa shape index (κ1) is 12.4. The summed E-state index contributed by atoms with van der Waals surface area (Å²) in [7, 11) is -3.67. The molecule has 3 heterocycles. The average Bonchev–Trinajstić information content (AvgIpc) is 3.06. The Labute approximate surface area is 110 Å². The maximum absolute atomic E-state index is 12.4. The Balaban J connectivity index is 1.89. The second kappa shape index (κ2) is 4.48. The summed E-state index contributed by atoms with van der Waals surface area (Å²) in [4.78, 5) is 4.12. The number of nitrogens with zero attached hydrogens (tertiary/aromatic N) is 3. The van der Waals surface area contributed by atoms with Crippen molar-refractivity contribution in [2.75, 3.05) is 6.54 Å². The summed E-state index contributed by atoms with van der Waals surface area (Å²) in [5, 5.41) is 8.77. The van der Waals surface area contributed by atoms with Crippen molar-refractivity contribution in [1.82, 2.24) is 13.9 Å². The monoisotopic (exact) mass is 283 g/mol.